The van der Waals surface area contributed by atoms with Gasteiger partial charge in [-0.1, -0.05) is 17.7 Å². The fourth-order valence-electron chi connectivity index (χ4n) is 1.63. The molecule has 0 N–H and O–H groups in total. The Kier molecular flexibility index (Phi) is 4.95. The summed E-state index contributed by atoms with van der Waals surface area (Å²) in [4.78, 5) is 22.0. The molecule has 0 aliphatic rings. The van der Waals surface area contributed by atoms with E-state index in [4.69, 9.17) is 21.1 Å². The van der Waals surface area contributed by atoms with Crippen molar-refractivity contribution >= 4 is 23.3 Å². The van der Waals surface area contributed by atoms with Crippen LogP contribution in [0.4, 0.5) is 5.69 Å². The quantitative estimate of drug-likeness (QED) is 0.364. The maximum atomic E-state index is 11.9. The second kappa shape index (κ2) is 6.91. The average molecular weight is 322 g/mol. The fraction of sp³-hybridized carbons (Fsp3) is 0.133. The molecule has 0 aromatic heterocycles. The highest BCUT2D eigenvalue weighted by molar-refractivity contribution is 6.30. The van der Waals surface area contributed by atoms with E-state index in [-0.39, 0.29) is 11.4 Å². The van der Waals surface area contributed by atoms with Crippen LogP contribution in [-0.4, -0.2) is 17.0 Å². The van der Waals surface area contributed by atoms with Crippen LogP contribution in [0.5, 0.6) is 11.5 Å². The number of nitrogens with zero attached hydrogens (tertiary/aromatic N) is 1. The van der Waals surface area contributed by atoms with E-state index in [0.29, 0.717) is 10.8 Å². The van der Waals surface area contributed by atoms with E-state index in [2.05, 4.69) is 0 Å². The Morgan fingerprint density at radius 1 is 1.18 bits per heavy atom. The first-order valence-corrected chi connectivity index (χ1v) is 6.72. The third kappa shape index (κ3) is 4.20. The van der Waals surface area contributed by atoms with Gasteiger partial charge in [0.1, 0.15) is 11.5 Å². The van der Waals surface area contributed by atoms with Gasteiger partial charge in [0.15, 0.2) is 6.10 Å². The zero-order chi connectivity index (χ0) is 16.1. The van der Waals surface area contributed by atoms with E-state index in [0.717, 1.165) is 0 Å². The molecule has 22 heavy (non-hydrogen) atoms. The van der Waals surface area contributed by atoms with E-state index in [1.807, 2.05) is 0 Å². The van der Waals surface area contributed by atoms with Gasteiger partial charge in [-0.05, 0) is 37.3 Å². The number of ether oxygens (including phenoxy) is 2. The number of hydrogen-bond acceptors (Lipinski definition) is 5. The summed E-state index contributed by atoms with van der Waals surface area (Å²) in [5, 5.41) is 11.2. The lowest BCUT2D eigenvalue weighted by molar-refractivity contribution is -0.384. The van der Waals surface area contributed by atoms with Crippen LogP contribution in [0.25, 0.3) is 0 Å². The number of hydrogen-bond donors (Lipinski definition) is 0. The molecule has 0 aliphatic heterocycles. The molecule has 0 saturated heterocycles. The van der Waals surface area contributed by atoms with Crippen molar-refractivity contribution in [3.05, 3.63) is 63.7 Å². The topological polar surface area (TPSA) is 78.7 Å². The van der Waals surface area contributed by atoms with Crippen LogP contribution < -0.4 is 9.47 Å². The van der Waals surface area contributed by atoms with Crippen molar-refractivity contribution in [1.29, 1.82) is 0 Å². The van der Waals surface area contributed by atoms with Crippen molar-refractivity contribution in [1.82, 2.24) is 0 Å². The van der Waals surface area contributed by atoms with Crippen LogP contribution in [-0.2, 0) is 4.79 Å². The van der Waals surface area contributed by atoms with Gasteiger partial charge in [-0.15, -0.1) is 0 Å². The Morgan fingerprint density at radius 2 is 1.86 bits per heavy atom. The molecule has 6 nitrogen and oxygen atoms in total. The van der Waals surface area contributed by atoms with E-state index >= 15 is 0 Å². The number of non-ortho nitro benzene ring substituents is 1. The first-order valence-electron chi connectivity index (χ1n) is 6.34. The van der Waals surface area contributed by atoms with Gasteiger partial charge >= 0.3 is 5.97 Å². The molecule has 2 rings (SSSR count). The lowest BCUT2D eigenvalue weighted by Gasteiger charge is -2.13. The van der Waals surface area contributed by atoms with Crippen molar-refractivity contribution in [3.8, 4) is 11.5 Å². The zero-order valence-corrected chi connectivity index (χ0v) is 12.3. The summed E-state index contributed by atoms with van der Waals surface area (Å²) in [5.41, 5.74) is -0.156. The van der Waals surface area contributed by atoms with Crippen molar-refractivity contribution in [2.45, 2.75) is 13.0 Å². The van der Waals surface area contributed by atoms with Crippen molar-refractivity contribution in [3.63, 3.8) is 0 Å². The molecule has 1 atom stereocenters. The molecule has 0 saturated carbocycles. The monoisotopic (exact) mass is 321 g/mol. The molecule has 7 heteroatoms. The normalized spacial score (nSPS) is 11.5. The Balaban J connectivity index is 2.00. The van der Waals surface area contributed by atoms with E-state index in [1.165, 1.54) is 31.2 Å². The highest BCUT2D eigenvalue weighted by Crippen LogP contribution is 2.21. The van der Waals surface area contributed by atoms with E-state index in [1.54, 1.807) is 24.3 Å². The molecule has 0 unspecified atom stereocenters. The second-order valence-corrected chi connectivity index (χ2v) is 4.83. The SMILES string of the molecule is C[C@H](Oc1ccc(Cl)cc1)C(=O)Oc1cccc([N+](=O)[O-])c1. The Hall–Kier alpha value is -2.60. The summed E-state index contributed by atoms with van der Waals surface area (Å²) >= 11 is 5.76. The highest BCUT2D eigenvalue weighted by Gasteiger charge is 2.18. The third-order valence-electron chi connectivity index (χ3n) is 2.71. The molecule has 0 radical (unpaired) electrons. The molecule has 0 fully saturated rings. The smallest absolute Gasteiger partial charge is 0.352 e. The minimum absolute atomic E-state index is 0.0887. The van der Waals surface area contributed by atoms with Gasteiger partial charge in [0.25, 0.3) is 5.69 Å². The number of nitro groups is 1. The van der Waals surface area contributed by atoms with Crippen LogP contribution in [0.1, 0.15) is 6.92 Å². The molecular formula is C15H12ClNO5. The number of esters is 1. The summed E-state index contributed by atoms with van der Waals surface area (Å²) in [5.74, 6) is -0.103. The summed E-state index contributed by atoms with van der Waals surface area (Å²) in [6.07, 6.45) is -0.875. The van der Waals surface area contributed by atoms with Crippen molar-refractivity contribution < 1.29 is 19.2 Å². The fourth-order valence-corrected chi connectivity index (χ4v) is 1.75. The maximum absolute atomic E-state index is 11.9. The summed E-state index contributed by atoms with van der Waals surface area (Å²) in [7, 11) is 0. The van der Waals surface area contributed by atoms with Gasteiger partial charge in [0.05, 0.1) is 11.0 Å². The molecular weight excluding hydrogens is 310 g/mol. The molecule has 2 aromatic carbocycles. The Morgan fingerprint density at radius 3 is 2.50 bits per heavy atom. The van der Waals surface area contributed by atoms with Crippen LogP contribution in [0.15, 0.2) is 48.5 Å². The van der Waals surface area contributed by atoms with Crippen LogP contribution >= 0.6 is 11.6 Å². The van der Waals surface area contributed by atoms with Crippen LogP contribution in [0, 0.1) is 10.1 Å². The number of nitro benzene ring substituents is 1. The summed E-state index contributed by atoms with van der Waals surface area (Å²) in [6.45, 7) is 1.52. The number of carbonyl (C=O) groups excluding carboxylic acids is 1. The van der Waals surface area contributed by atoms with Gasteiger partial charge in [0, 0.05) is 11.1 Å². The molecule has 0 bridgehead atoms. The molecule has 0 heterocycles. The number of benzene rings is 2. The number of carbonyl (C=O) groups is 1. The molecule has 2 aromatic rings. The average Bonchev–Trinajstić information content (AvgIpc) is 2.49. The minimum Gasteiger partial charge on any atom is -0.479 e. The molecule has 0 spiro atoms. The van der Waals surface area contributed by atoms with Crippen molar-refractivity contribution in [2.75, 3.05) is 0 Å². The summed E-state index contributed by atoms with van der Waals surface area (Å²) < 4.78 is 10.5. The minimum atomic E-state index is -0.875. The van der Waals surface area contributed by atoms with Gasteiger partial charge < -0.3 is 9.47 Å². The lowest BCUT2D eigenvalue weighted by atomic mass is 10.3. The summed E-state index contributed by atoms with van der Waals surface area (Å²) in [6, 6.07) is 11.9. The van der Waals surface area contributed by atoms with Gasteiger partial charge in [0.2, 0.25) is 0 Å². The second-order valence-electron chi connectivity index (χ2n) is 4.39. The van der Waals surface area contributed by atoms with E-state index in [9.17, 15) is 14.9 Å². The third-order valence-corrected chi connectivity index (χ3v) is 2.96. The van der Waals surface area contributed by atoms with Crippen molar-refractivity contribution in [2.24, 2.45) is 0 Å². The zero-order valence-electron chi connectivity index (χ0n) is 11.6. The predicted octanol–water partition coefficient (Wildman–Crippen LogP) is 3.62. The first kappa shape index (κ1) is 15.8. The maximum Gasteiger partial charge on any atom is 0.352 e. The Labute approximate surface area is 131 Å². The van der Waals surface area contributed by atoms with Gasteiger partial charge in [-0.3, -0.25) is 10.1 Å². The van der Waals surface area contributed by atoms with E-state index < -0.39 is 17.0 Å². The van der Waals surface area contributed by atoms with Gasteiger partial charge in [-0.2, -0.15) is 0 Å². The molecule has 0 aliphatic carbocycles. The number of rotatable bonds is 5. The number of halogens is 1. The van der Waals surface area contributed by atoms with Crippen LogP contribution in [0.3, 0.4) is 0 Å². The molecule has 114 valence electrons. The first-order chi connectivity index (χ1) is 10.5. The highest BCUT2D eigenvalue weighted by atomic mass is 35.5. The largest absolute Gasteiger partial charge is 0.479 e. The van der Waals surface area contributed by atoms with Crippen LogP contribution in [0.2, 0.25) is 5.02 Å². The molecule has 0 amide bonds. The standard InChI is InChI=1S/C15H12ClNO5/c1-10(21-13-7-5-11(16)6-8-13)15(18)22-14-4-2-3-12(9-14)17(19)20/h2-10H,1H3/t10-/m0/s1. The Bertz CT molecular complexity index is 687. The van der Waals surface area contributed by atoms with Gasteiger partial charge in [-0.25, -0.2) is 4.79 Å². The lowest BCUT2D eigenvalue weighted by Crippen LogP contribution is -2.28. The predicted molar refractivity (Wildman–Crippen MR) is 80.3 cm³/mol.